The molecule has 2 unspecified atom stereocenters. The Bertz CT molecular complexity index is 546. The van der Waals surface area contributed by atoms with Gasteiger partial charge in [0.25, 0.3) is 0 Å². The first-order valence-electron chi connectivity index (χ1n) is 8.58. The molecule has 0 spiro atoms. The Morgan fingerprint density at radius 1 is 1.17 bits per heavy atom. The van der Waals surface area contributed by atoms with Crippen molar-refractivity contribution in [3.63, 3.8) is 0 Å². The van der Waals surface area contributed by atoms with Crippen molar-refractivity contribution in [3.05, 3.63) is 33.8 Å². The lowest BCUT2D eigenvalue weighted by atomic mass is 9.71. The van der Waals surface area contributed by atoms with Crippen molar-refractivity contribution in [2.75, 3.05) is 39.8 Å². The molecule has 2 aliphatic rings. The molecule has 1 aliphatic carbocycles. The molecule has 1 N–H and O–H groups in total. The molecule has 128 valence electrons. The zero-order valence-electron chi connectivity index (χ0n) is 13.8. The van der Waals surface area contributed by atoms with Gasteiger partial charge < -0.3 is 14.9 Å². The molecule has 1 aliphatic heterocycles. The molecule has 3 nitrogen and oxygen atoms in total. The largest absolute Gasteiger partial charge is 0.385 e. The summed E-state index contributed by atoms with van der Waals surface area (Å²) >= 11 is 12.4. The van der Waals surface area contributed by atoms with Crippen molar-refractivity contribution in [3.8, 4) is 0 Å². The van der Waals surface area contributed by atoms with E-state index in [2.05, 4.69) is 16.8 Å². The molecule has 1 saturated heterocycles. The molecule has 0 bridgehead atoms. The third kappa shape index (κ3) is 3.85. The normalized spacial score (nSPS) is 30.5. The van der Waals surface area contributed by atoms with Gasteiger partial charge in [0.05, 0.1) is 5.60 Å². The molecule has 2 fully saturated rings. The van der Waals surface area contributed by atoms with Crippen molar-refractivity contribution in [1.29, 1.82) is 0 Å². The van der Waals surface area contributed by atoms with Crippen molar-refractivity contribution in [2.24, 2.45) is 5.92 Å². The first kappa shape index (κ1) is 17.5. The Morgan fingerprint density at radius 3 is 2.61 bits per heavy atom. The molecule has 5 heteroatoms. The highest BCUT2D eigenvalue weighted by atomic mass is 35.5. The fraction of sp³-hybridized carbons (Fsp3) is 0.667. The van der Waals surface area contributed by atoms with Crippen LogP contribution in [0.3, 0.4) is 0 Å². The predicted molar refractivity (Wildman–Crippen MR) is 96.3 cm³/mol. The quantitative estimate of drug-likeness (QED) is 0.895. The molecular formula is C18H26Cl2N2O. The maximum atomic E-state index is 11.5. The molecule has 1 heterocycles. The van der Waals surface area contributed by atoms with Crippen LogP contribution in [0.4, 0.5) is 0 Å². The third-order valence-electron chi connectivity index (χ3n) is 5.51. The first-order chi connectivity index (χ1) is 11.0. The molecule has 0 radical (unpaired) electrons. The summed E-state index contributed by atoms with van der Waals surface area (Å²) in [7, 11) is 2.17. The lowest BCUT2D eigenvalue weighted by molar-refractivity contribution is -0.0683. The SMILES string of the molecule is CN1CCN(CC2CCCCC2(O)c2ccc(Cl)cc2Cl)CC1. The van der Waals surface area contributed by atoms with E-state index in [0.29, 0.717) is 10.0 Å². The van der Waals surface area contributed by atoms with Gasteiger partial charge in [0.15, 0.2) is 0 Å². The average molecular weight is 357 g/mol. The van der Waals surface area contributed by atoms with E-state index in [4.69, 9.17) is 23.2 Å². The Morgan fingerprint density at radius 2 is 1.91 bits per heavy atom. The lowest BCUT2D eigenvalue weighted by Gasteiger charge is -2.44. The Hall–Kier alpha value is -0.320. The number of benzene rings is 1. The minimum atomic E-state index is -0.830. The van der Waals surface area contributed by atoms with E-state index < -0.39 is 5.60 Å². The van der Waals surface area contributed by atoms with Crippen molar-refractivity contribution in [2.45, 2.75) is 31.3 Å². The number of halogens is 2. The molecule has 23 heavy (non-hydrogen) atoms. The maximum Gasteiger partial charge on any atom is 0.0951 e. The summed E-state index contributed by atoms with van der Waals surface area (Å²) in [6.45, 7) is 5.32. The fourth-order valence-corrected chi connectivity index (χ4v) is 4.58. The van der Waals surface area contributed by atoms with Crippen LogP contribution in [0.2, 0.25) is 10.0 Å². The number of likely N-dealkylation sites (N-methyl/N-ethyl adjacent to an activating group) is 1. The highest BCUT2D eigenvalue weighted by molar-refractivity contribution is 6.35. The second-order valence-electron chi connectivity index (χ2n) is 7.10. The van der Waals surface area contributed by atoms with Crippen LogP contribution < -0.4 is 0 Å². The Kier molecular flexibility index (Phi) is 5.54. The van der Waals surface area contributed by atoms with Gasteiger partial charge in [-0.2, -0.15) is 0 Å². The van der Waals surface area contributed by atoms with E-state index in [1.54, 1.807) is 6.07 Å². The molecular weight excluding hydrogens is 331 g/mol. The van der Waals surface area contributed by atoms with E-state index >= 15 is 0 Å². The standard InChI is InChI=1S/C18H26Cl2N2O/c1-21-8-10-22(11-9-21)13-14-4-2-3-7-18(14,23)16-6-5-15(19)12-17(16)20/h5-6,12,14,23H,2-4,7-11,13H2,1H3. The molecule has 1 aromatic carbocycles. The average Bonchev–Trinajstić information content (AvgIpc) is 2.51. The van der Waals surface area contributed by atoms with Crippen LogP contribution in [0.15, 0.2) is 18.2 Å². The number of piperazine rings is 1. The number of aliphatic hydroxyl groups is 1. The van der Waals surface area contributed by atoms with Crippen LogP contribution in [0.5, 0.6) is 0 Å². The summed E-state index contributed by atoms with van der Waals surface area (Å²) < 4.78 is 0. The lowest BCUT2D eigenvalue weighted by Crippen LogP contribution is -2.50. The summed E-state index contributed by atoms with van der Waals surface area (Å²) in [5.74, 6) is 0.235. The second-order valence-corrected chi connectivity index (χ2v) is 7.94. The Labute approximate surface area is 149 Å². The number of hydrogen-bond acceptors (Lipinski definition) is 3. The second kappa shape index (κ2) is 7.28. The van der Waals surface area contributed by atoms with Crippen LogP contribution in [0.25, 0.3) is 0 Å². The maximum absolute atomic E-state index is 11.5. The molecule has 1 saturated carbocycles. The summed E-state index contributed by atoms with van der Waals surface area (Å²) in [5, 5.41) is 12.7. The molecule has 3 rings (SSSR count). The molecule has 0 amide bonds. The van der Waals surface area contributed by atoms with E-state index in [1.165, 1.54) is 6.42 Å². The van der Waals surface area contributed by atoms with E-state index in [9.17, 15) is 5.11 Å². The predicted octanol–water partition coefficient (Wildman–Crippen LogP) is 3.62. The smallest absolute Gasteiger partial charge is 0.0951 e. The number of hydrogen-bond donors (Lipinski definition) is 1. The van der Waals surface area contributed by atoms with Crippen LogP contribution in [0, 0.1) is 5.92 Å². The van der Waals surface area contributed by atoms with Crippen LogP contribution in [-0.4, -0.2) is 54.7 Å². The van der Waals surface area contributed by atoms with Gasteiger partial charge in [-0.15, -0.1) is 0 Å². The van der Waals surface area contributed by atoms with Crippen LogP contribution in [0.1, 0.15) is 31.2 Å². The number of nitrogens with zero attached hydrogens (tertiary/aromatic N) is 2. The summed E-state index contributed by atoms with van der Waals surface area (Å²) in [6, 6.07) is 5.49. The van der Waals surface area contributed by atoms with Crippen molar-refractivity contribution < 1.29 is 5.11 Å². The van der Waals surface area contributed by atoms with Gasteiger partial charge in [0, 0.05) is 54.3 Å². The third-order valence-corrected chi connectivity index (χ3v) is 6.06. The summed E-state index contributed by atoms with van der Waals surface area (Å²) in [4.78, 5) is 4.85. The molecule has 2 atom stereocenters. The monoisotopic (exact) mass is 356 g/mol. The topological polar surface area (TPSA) is 26.7 Å². The minimum absolute atomic E-state index is 0.235. The van der Waals surface area contributed by atoms with Gasteiger partial charge in [-0.1, -0.05) is 42.1 Å². The fourth-order valence-electron chi connectivity index (χ4n) is 4.01. The van der Waals surface area contributed by atoms with Gasteiger partial charge in [0.1, 0.15) is 0 Å². The van der Waals surface area contributed by atoms with Crippen LogP contribution in [-0.2, 0) is 5.60 Å². The van der Waals surface area contributed by atoms with Gasteiger partial charge in [-0.25, -0.2) is 0 Å². The number of rotatable bonds is 3. The van der Waals surface area contributed by atoms with Gasteiger partial charge in [-0.3, -0.25) is 0 Å². The van der Waals surface area contributed by atoms with E-state index in [-0.39, 0.29) is 5.92 Å². The van der Waals surface area contributed by atoms with E-state index in [0.717, 1.165) is 57.5 Å². The van der Waals surface area contributed by atoms with E-state index in [1.807, 2.05) is 12.1 Å². The minimum Gasteiger partial charge on any atom is -0.385 e. The molecule has 1 aromatic rings. The van der Waals surface area contributed by atoms with Crippen molar-refractivity contribution in [1.82, 2.24) is 9.80 Å². The zero-order chi connectivity index (χ0) is 16.4. The van der Waals surface area contributed by atoms with Crippen molar-refractivity contribution >= 4 is 23.2 Å². The summed E-state index contributed by atoms with van der Waals surface area (Å²) in [5.41, 5.74) is 0.0194. The van der Waals surface area contributed by atoms with Gasteiger partial charge >= 0.3 is 0 Å². The van der Waals surface area contributed by atoms with Gasteiger partial charge in [-0.05, 0) is 32.0 Å². The highest BCUT2D eigenvalue weighted by Crippen LogP contribution is 2.45. The zero-order valence-corrected chi connectivity index (χ0v) is 15.3. The van der Waals surface area contributed by atoms with Crippen LogP contribution >= 0.6 is 23.2 Å². The summed E-state index contributed by atoms with van der Waals surface area (Å²) in [6.07, 6.45) is 4.08. The molecule has 0 aromatic heterocycles. The Balaban J connectivity index is 1.79. The first-order valence-corrected chi connectivity index (χ1v) is 9.33. The van der Waals surface area contributed by atoms with Gasteiger partial charge in [0.2, 0.25) is 0 Å². The highest BCUT2D eigenvalue weighted by Gasteiger charge is 2.42.